The monoisotopic (exact) mass is 454 g/mol. The van der Waals surface area contributed by atoms with Crippen molar-refractivity contribution in [2.45, 2.75) is 21.4 Å². The van der Waals surface area contributed by atoms with Crippen molar-refractivity contribution in [3.05, 3.63) is 57.2 Å². The SMILES string of the molecule is C/C(=N\NC(=O)CSc1nnc(SCc2ccccc2Cl)s1)c1cccs1. The van der Waals surface area contributed by atoms with Crippen LogP contribution < -0.4 is 5.43 Å². The molecule has 10 heteroatoms. The molecule has 1 aromatic carbocycles. The molecular formula is C17H15ClN4OS4. The molecule has 0 atom stereocenters. The van der Waals surface area contributed by atoms with E-state index in [1.54, 1.807) is 23.1 Å². The molecule has 3 rings (SSSR count). The van der Waals surface area contributed by atoms with Crippen LogP contribution in [0, 0.1) is 0 Å². The number of hydrogen-bond donors (Lipinski definition) is 1. The summed E-state index contributed by atoms with van der Waals surface area (Å²) in [7, 11) is 0. The Morgan fingerprint density at radius 1 is 1.19 bits per heavy atom. The second kappa shape index (κ2) is 10.2. The second-order valence-corrected chi connectivity index (χ2v) is 9.99. The van der Waals surface area contributed by atoms with Crippen LogP contribution in [0.25, 0.3) is 0 Å². The lowest BCUT2D eigenvalue weighted by Gasteiger charge is -2.00. The van der Waals surface area contributed by atoms with Gasteiger partial charge in [0, 0.05) is 15.7 Å². The van der Waals surface area contributed by atoms with Gasteiger partial charge < -0.3 is 0 Å². The number of amides is 1. The number of rotatable bonds is 8. The number of nitrogens with zero attached hydrogens (tertiary/aromatic N) is 3. The summed E-state index contributed by atoms with van der Waals surface area (Å²) >= 11 is 12.1. The maximum atomic E-state index is 11.9. The minimum atomic E-state index is -0.170. The van der Waals surface area contributed by atoms with Gasteiger partial charge in [-0.1, -0.05) is 70.7 Å². The molecule has 0 bridgehead atoms. The zero-order valence-corrected chi connectivity index (χ0v) is 18.2. The highest BCUT2D eigenvalue weighted by molar-refractivity contribution is 8.03. The van der Waals surface area contributed by atoms with E-state index in [0.29, 0.717) is 0 Å². The van der Waals surface area contributed by atoms with Gasteiger partial charge in [0.2, 0.25) is 0 Å². The number of aromatic nitrogens is 2. The Kier molecular flexibility index (Phi) is 7.71. The molecule has 0 radical (unpaired) electrons. The Morgan fingerprint density at radius 2 is 1.96 bits per heavy atom. The van der Waals surface area contributed by atoms with Crippen molar-refractivity contribution >= 4 is 69.4 Å². The number of halogens is 1. The molecule has 5 nitrogen and oxygen atoms in total. The minimum Gasteiger partial charge on any atom is -0.272 e. The van der Waals surface area contributed by atoms with E-state index in [1.165, 1.54) is 23.1 Å². The van der Waals surface area contributed by atoms with Crippen molar-refractivity contribution in [3.63, 3.8) is 0 Å². The van der Waals surface area contributed by atoms with E-state index in [-0.39, 0.29) is 11.7 Å². The first-order chi connectivity index (χ1) is 13.1. The predicted octanol–water partition coefficient (Wildman–Crippen LogP) is 5.18. The van der Waals surface area contributed by atoms with E-state index in [2.05, 4.69) is 20.7 Å². The molecule has 1 N–H and O–H groups in total. The van der Waals surface area contributed by atoms with Crippen LogP contribution in [0.15, 0.2) is 55.6 Å². The second-order valence-electron chi connectivity index (χ2n) is 5.21. The first-order valence-corrected chi connectivity index (χ1v) is 11.9. The number of thioether (sulfide) groups is 2. The van der Waals surface area contributed by atoms with E-state index in [9.17, 15) is 4.79 Å². The van der Waals surface area contributed by atoms with Gasteiger partial charge in [0.15, 0.2) is 8.68 Å². The van der Waals surface area contributed by atoms with E-state index in [1.807, 2.05) is 48.7 Å². The van der Waals surface area contributed by atoms with E-state index >= 15 is 0 Å². The smallest absolute Gasteiger partial charge is 0.250 e. The normalized spacial score (nSPS) is 11.6. The highest BCUT2D eigenvalue weighted by Crippen LogP contribution is 2.32. The predicted molar refractivity (Wildman–Crippen MR) is 116 cm³/mol. The number of benzene rings is 1. The highest BCUT2D eigenvalue weighted by Gasteiger charge is 2.10. The summed E-state index contributed by atoms with van der Waals surface area (Å²) in [6.45, 7) is 1.87. The third-order valence-electron chi connectivity index (χ3n) is 3.25. The number of thiophene rings is 1. The minimum absolute atomic E-state index is 0.170. The zero-order chi connectivity index (χ0) is 19.1. The third kappa shape index (κ3) is 6.32. The van der Waals surface area contributed by atoms with Crippen molar-refractivity contribution in [3.8, 4) is 0 Å². The Labute approximate surface area is 178 Å². The Hall–Kier alpha value is -1.39. The van der Waals surface area contributed by atoms with Crippen molar-refractivity contribution < 1.29 is 4.79 Å². The summed E-state index contributed by atoms with van der Waals surface area (Å²) in [5.74, 6) is 0.803. The summed E-state index contributed by atoms with van der Waals surface area (Å²) in [5.41, 5.74) is 4.42. The van der Waals surface area contributed by atoms with Crippen LogP contribution in [-0.4, -0.2) is 27.6 Å². The molecule has 140 valence electrons. The van der Waals surface area contributed by atoms with Gasteiger partial charge in [-0.25, -0.2) is 5.43 Å². The molecule has 0 saturated carbocycles. The van der Waals surface area contributed by atoms with Crippen molar-refractivity contribution in [1.29, 1.82) is 0 Å². The maximum Gasteiger partial charge on any atom is 0.250 e. The van der Waals surface area contributed by atoms with Gasteiger partial charge in [0.05, 0.1) is 11.5 Å². The van der Waals surface area contributed by atoms with Crippen LogP contribution >= 0.6 is 57.8 Å². The van der Waals surface area contributed by atoms with Gasteiger partial charge >= 0.3 is 0 Å². The lowest BCUT2D eigenvalue weighted by Crippen LogP contribution is -2.20. The molecule has 0 aliphatic carbocycles. The molecule has 0 saturated heterocycles. The third-order valence-corrected chi connectivity index (χ3v) is 7.84. The first-order valence-electron chi connectivity index (χ1n) is 7.81. The van der Waals surface area contributed by atoms with Crippen LogP contribution in [0.5, 0.6) is 0 Å². The summed E-state index contributed by atoms with van der Waals surface area (Å²) in [6, 6.07) is 11.7. The van der Waals surface area contributed by atoms with E-state index < -0.39 is 0 Å². The molecule has 3 aromatic rings. The van der Waals surface area contributed by atoms with Gasteiger partial charge in [-0.05, 0) is 30.0 Å². The van der Waals surface area contributed by atoms with Crippen LogP contribution in [0.1, 0.15) is 17.4 Å². The average molecular weight is 455 g/mol. The first kappa shape index (κ1) is 20.3. The fourth-order valence-corrected chi connectivity index (χ4v) is 5.69. The number of carbonyl (C=O) groups is 1. The standard InChI is InChI=1S/C17H15ClN4OS4/c1-11(14-7-4-8-24-14)19-20-15(23)10-26-17-22-21-16(27-17)25-9-12-5-2-3-6-13(12)18/h2-8H,9-10H2,1H3,(H,20,23)/b19-11+. The summed E-state index contributed by atoms with van der Waals surface area (Å²) in [5, 5.41) is 15.1. The van der Waals surface area contributed by atoms with Crippen molar-refractivity contribution in [1.82, 2.24) is 15.6 Å². The molecule has 0 aliphatic heterocycles. The largest absolute Gasteiger partial charge is 0.272 e. The maximum absolute atomic E-state index is 11.9. The van der Waals surface area contributed by atoms with Gasteiger partial charge in [-0.3, -0.25) is 4.79 Å². The molecule has 27 heavy (non-hydrogen) atoms. The van der Waals surface area contributed by atoms with Crippen LogP contribution in [-0.2, 0) is 10.5 Å². The fourth-order valence-electron chi connectivity index (χ4n) is 1.91. The Bertz CT molecular complexity index is 927. The number of hydrazone groups is 1. The Morgan fingerprint density at radius 3 is 2.70 bits per heavy atom. The summed E-state index contributed by atoms with van der Waals surface area (Å²) in [6.07, 6.45) is 0. The summed E-state index contributed by atoms with van der Waals surface area (Å²) < 4.78 is 1.61. The lowest BCUT2D eigenvalue weighted by atomic mass is 10.2. The molecule has 1 amide bonds. The molecular weight excluding hydrogens is 440 g/mol. The van der Waals surface area contributed by atoms with Crippen LogP contribution in [0.4, 0.5) is 0 Å². The van der Waals surface area contributed by atoms with Gasteiger partial charge in [0.25, 0.3) is 5.91 Å². The topological polar surface area (TPSA) is 67.2 Å². The number of hydrogen-bond acceptors (Lipinski definition) is 8. The van der Waals surface area contributed by atoms with Crippen LogP contribution in [0.2, 0.25) is 5.02 Å². The molecule has 0 spiro atoms. The van der Waals surface area contributed by atoms with Gasteiger partial charge in [-0.2, -0.15) is 5.10 Å². The molecule has 0 aliphatic rings. The summed E-state index contributed by atoms with van der Waals surface area (Å²) in [4.78, 5) is 13.0. The molecule has 0 fully saturated rings. The van der Waals surface area contributed by atoms with Gasteiger partial charge in [0.1, 0.15) is 0 Å². The van der Waals surface area contributed by atoms with Crippen molar-refractivity contribution in [2.75, 3.05) is 5.75 Å². The number of carbonyl (C=O) groups excluding carboxylic acids is 1. The Balaban J connectivity index is 1.44. The molecule has 2 aromatic heterocycles. The highest BCUT2D eigenvalue weighted by atomic mass is 35.5. The van der Waals surface area contributed by atoms with Crippen LogP contribution in [0.3, 0.4) is 0 Å². The fraction of sp³-hybridized carbons (Fsp3) is 0.176. The zero-order valence-electron chi connectivity index (χ0n) is 14.2. The van der Waals surface area contributed by atoms with E-state index in [0.717, 1.165) is 35.6 Å². The van der Waals surface area contributed by atoms with E-state index in [4.69, 9.17) is 11.6 Å². The quantitative estimate of drug-likeness (QED) is 0.288. The number of nitrogens with one attached hydrogen (secondary N) is 1. The lowest BCUT2D eigenvalue weighted by molar-refractivity contribution is -0.118. The average Bonchev–Trinajstić information content (AvgIpc) is 3.36. The van der Waals surface area contributed by atoms with Crippen molar-refractivity contribution in [2.24, 2.45) is 5.10 Å². The van der Waals surface area contributed by atoms with Gasteiger partial charge in [-0.15, -0.1) is 21.5 Å². The molecule has 2 heterocycles. The molecule has 0 unspecified atom stereocenters.